The summed E-state index contributed by atoms with van der Waals surface area (Å²) in [7, 11) is 0. The molecule has 1 aromatic heterocycles. The molecule has 0 spiro atoms. The van der Waals surface area contributed by atoms with Crippen molar-refractivity contribution in [3.05, 3.63) is 54.4 Å². The van der Waals surface area contributed by atoms with Crippen molar-refractivity contribution < 1.29 is 0 Å². The fourth-order valence-corrected chi connectivity index (χ4v) is 2.55. The predicted octanol–water partition coefficient (Wildman–Crippen LogP) is 4.53. The van der Waals surface area contributed by atoms with Crippen LogP contribution in [0.15, 0.2) is 48.8 Å². The number of H-pyrrole nitrogens is 1. The summed E-state index contributed by atoms with van der Waals surface area (Å²) in [5.74, 6) is 0. The average molecular weight is 250 g/mol. The van der Waals surface area contributed by atoms with Crippen LogP contribution in [0.1, 0.15) is 26.3 Å². The Bertz CT molecular complexity index is 717. The normalized spacial score (nSPS) is 11.9. The highest BCUT2D eigenvalue weighted by molar-refractivity contribution is 5.92. The number of aromatic amines is 1. The van der Waals surface area contributed by atoms with E-state index in [0.717, 1.165) is 11.0 Å². The van der Waals surface area contributed by atoms with Crippen LogP contribution in [0.4, 0.5) is 0 Å². The van der Waals surface area contributed by atoms with Gasteiger partial charge < -0.3 is 4.98 Å². The lowest BCUT2D eigenvalue weighted by molar-refractivity contribution is 0.592. The molecule has 0 aliphatic carbocycles. The number of nitrogens with zero attached hydrogens (tertiary/aromatic N) is 1. The molecule has 0 aliphatic rings. The highest BCUT2D eigenvalue weighted by atomic mass is 14.9. The first kappa shape index (κ1) is 12.0. The molecule has 1 heterocycles. The largest absolute Gasteiger partial charge is 0.345 e. The monoisotopic (exact) mass is 250 g/mol. The van der Waals surface area contributed by atoms with Gasteiger partial charge in [-0.3, -0.25) is 0 Å². The van der Waals surface area contributed by atoms with Crippen molar-refractivity contribution in [3.8, 4) is 11.1 Å². The molecule has 0 atom stereocenters. The summed E-state index contributed by atoms with van der Waals surface area (Å²) in [6.45, 7) is 6.74. The lowest BCUT2D eigenvalue weighted by Crippen LogP contribution is -2.12. The van der Waals surface area contributed by atoms with E-state index in [9.17, 15) is 0 Å². The van der Waals surface area contributed by atoms with Crippen molar-refractivity contribution in [2.24, 2.45) is 0 Å². The van der Waals surface area contributed by atoms with Crippen LogP contribution in [0, 0.1) is 0 Å². The molecule has 96 valence electrons. The first-order valence-electron chi connectivity index (χ1n) is 6.59. The van der Waals surface area contributed by atoms with Crippen LogP contribution in [-0.4, -0.2) is 9.97 Å². The zero-order valence-corrected chi connectivity index (χ0v) is 11.6. The standard InChI is InChI=1S/C17H18N2/c1-17(2,3)14-9-5-4-7-12(14)13-8-6-10-15-16(13)19-11-18-15/h4-11H,1-3H3,(H,18,19). The van der Waals surface area contributed by atoms with Gasteiger partial charge in [0.15, 0.2) is 0 Å². The lowest BCUT2D eigenvalue weighted by Gasteiger charge is -2.23. The second-order valence-corrected chi connectivity index (χ2v) is 5.90. The minimum absolute atomic E-state index is 0.120. The van der Waals surface area contributed by atoms with Crippen molar-refractivity contribution in [2.75, 3.05) is 0 Å². The maximum atomic E-state index is 4.46. The van der Waals surface area contributed by atoms with E-state index in [4.69, 9.17) is 0 Å². The number of para-hydroxylation sites is 1. The molecule has 0 fully saturated rings. The van der Waals surface area contributed by atoms with Crippen molar-refractivity contribution in [2.45, 2.75) is 26.2 Å². The van der Waals surface area contributed by atoms with Crippen molar-refractivity contribution in [1.29, 1.82) is 0 Å². The number of imidazole rings is 1. The van der Waals surface area contributed by atoms with E-state index in [0.29, 0.717) is 0 Å². The Hall–Kier alpha value is -2.09. The molecule has 19 heavy (non-hydrogen) atoms. The van der Waals surface area contributed by atoms with Gasteiger partial charge >= 0.3 is 0 Å². The SMILES string of the molecule is CC(C)(C)c1ccccc1-c1cccc2[nH]cnc12. The van der Waals surface area contributed by atoms with Gasteiger partial charge in [0.2, 0.25) is 0 Å². The molecule has 0 saturated carbocycles. The first-order chi connectivity index (χ1) is 9.07. The maximum Gasteiger partial charge on any atom is 0.0960 e. The molecule has 0 bridgehead atoms. The smallest absolute Gasteiger partial charge is 0.0960 e. The van der Waals surface area contributed by atoms with Crippen LogP contribution in [0.25, 0.3) is 22.2 Å². The minimum atomic E-state index is 0.120. The molecule has 2 aromatic carbocycles. The van der Waals surface area contributed by atoms with Crippen LogP contribution in [0.5, 0.6) is 0 Å². The second-order valence-electron chi connectivity index (χ2n) is 5.90. The maximum absolute atomic E-state index is 4.46. The van der Waals surface area contributed by atoms with E-state index in [1.165, 1.54) is 16.7 Å². The molecule has 3 aromatic rings. The number of hydrogen-bond acceptors (Lipinski definition) is 1. The van der Waals surface area contributed by atoms with Gasteiger partial charge in [-0.2, -0.15) is 0 Å². The van der Waals surface area contributed by atoms with E-state index in [-0.39, 0.29) is 5.41 Å². The van der Waals surface area contributed by atoms with Gasteiger partial charge in [-0.1, -0.05) is 57.2 Å². The number of hydrogen-bond donors (Lipinski definition) is 1. The summed E-state index contributed by atoms with van der Waals surface area (Å²) in [5.41, 5.74) is 6.07. The van der Waals surface area contributed by atoms with Crippen molar-refractivity contribution >= 4 is 11.0 Å². The van der Waals surface area contributed by atoms with E-state index in [2.05, 4.69) is 73.2 Å². The minimum Gasteiger partial charge on any atom is -0.345 e. The summed E-state index contributed by atoms with van der Waals surface area (Å²) in [6, 6.07) is 14.9. The molecular weight excluding hydrogens is 232 g/mol. The number of benzene rings is 2. The third-order valence-corrected chi connectivity index (χ3v) is 3.47. The Kier molecular flexibility index (Phi) is 2.67. The number of nitrogens with one attached hydrogen (secondary N) is 1. The van der Waals surface area contributed by atoms with Gasteiger partial charge in [-0.05, 0) is 22.6 Å². The Morgan fingerprint density at radius 3 is 2.42 bits per heavy atom. The highest BCUT2D eigenvalue weighted by Crippen LogP contribution is 2.35. The van der Waals surface area contributed by atoms with Crippen LogP contribution in [0.3, 0.4) is 0 Å². The van der Waals surface area contributed by atoms with E-state index in [1.54, 1.807) is 6.33 Å². The quantitative estimate of drug-likeness (QED) is 0.675. The summed E-state index contributed by atoms with van der Waals surface area (Å²) in [5, 5.41) is 0. The van der Waals surface area contributed by atoms with Crippen LogP contribution in [0.2, 0.25) is 0 Å². The zero-order chi connectivity index (χ0) is 13.5. The average Bonchev–Trinajstić information content (AvgIpc) is 2.85. The molecule has 2 heteroatoms. The fourth-order valence-electron chi connectivity index (χ4n) is 2.55. The zero-order valence-electron chi connectivity index (χ0n) is 11.6. The second kappa shape index (κ2) is 4.23. The Balaban J connectivity index is 2.31. The van der Waals surface area contributed by atoms with Crippen molar-refractivity contribution in [3.63, 3.8) is 0 Å². The van der Waals surface area contributed by atoms with Gasteiger partial charge in [0, 0.05) is 5.56 Å². The summed E-state index contributed by atoms with van der Waals surface area (Å²) in [4.78, 5) is 7.64. The van der Waals surface area contributed by atoms with E-state index >= 15 is 0 Å². The summed E-state index contributed by atoms with van der Waals surface area (Å²) < 4.78 is 0. The van der Waals surface area contributed by atoms with Gasteiger partial charge in [0.05, 0.1) is 17.4 Å². The van der Waals surface area contributed by atoms with Gasteiger partial charge in [0.25, 0.3) is 0 Å². The molecule has 0 saturated heterocycles. The third kappa shape index (κ3) is 2.03. The Labute approximate surface area is 113 Å². The molecular formula is C17H18N2. The molecule has 2 nitrogen and oxygen atoms in total. The summed E-state index contributed by atoms with van der Waals surface area (Å²) in [6.07, 6.45) is 1.76. The fraction of sp³-hybridized carbons (Fsp3) is 0.235. The molecule has 0 radical (unpaired) electrons. The lowest BCUT2D eigenvalue weighted by atomic mass is 9.81. The molecule has 1 N–H and O–H groups in total. The predicted molar refractivity (Wildman–Crippen MR) is 80.2 cm³/mol. The number of rotatable bonds is 1. The summed E-state index contributed by atoms with van der Waals surface area (Å²) >= 11 is 0. The molecule has 0 amide bonds. The van der Waals surface area contributed by atoms with E-state index in [1.807, 2.05) is 0 Å². The van der Waals surface area contributed by atoms with Gasteiger partial charge in [-0.25, -0.2) is 4.98 Å². The third-order valence-electron chi connectivity index (χ3n) is 3.47. The molecule has 3 rings (SSSR count). The Morgan fingerprint density at radius 1 is 0.895 bits per heavy atom. The Morgan fingerprint density at radius 2 is 1.63 bits per heavy atom. The van der Waals surface area contributed by atoms with E-state index < -0.39 is 0 Å². The first-order valence-corrected chi connectivity index (χ1v) is 6.59. The molecule has 0 aliphatic heterocycles. The van der Waals surface area contributed by atoms with Crippen molar-refractivity contribution in [1.82, 2.24) is 9.97 Å². The topological polar surface area (TPSA) is 28.7 Å². The van der Waals surface area contributed by atoms with Gasteiger partial charge in [0.1, 0.15) is 0 Å². The highest BCUT2D eigenvalue weighted by Gasteiger charge is 2.19. The molecule has 0 unspecified atom stereocenters. The van der Waals surface area contributed by atoms with Gasteiger partial charge in [-0.15, -0.1) is 0 Å². The van der Waals surface area contributed by atoms with Crippen LogP contribution in [-0.2, 0) is 5.41 Å². The van der Waals surface area contributed by atoms with Crippen LogP contribution >= 0.6 is 0 Å². The number of fused-ring (bicyclic) bond motifs is 1. The van der Waals surface area contributed by atoms with Crippen LogP contribution < -0.4 is 0 Å². The number of aromatic nitrogens is 2.